The van der Waals surface area contributed by atoms with Crippen molar-refractivity contribution in [1.29, 1.82) is 0 Å². The van der Waals surface area contributed by atoms with Crippen LogP contribution < -0.4 is 4.90 Å². The van der Waals surface area contributed by atoms with E-state index in [1.54, 1.807) is 0 Å². The van der Waals surface area contributed by atoms with Gasteiger partial charge in [0.1, 0.15) is 0 Å². The van der Waals surface area contributed by atoms with Crippen LogP contribution >= 0.6 is 0 Å². The lowest BCUT2D eigenvalue weighted by atomic mass is 9.70. The number of hydrogen-bond donors (Lipinski definition) is 0. The van der Waals surface area contributed by atoms with E-state index in [2.05, 4.69) is 289 Å². The van der Waals surface area contributed by atoms with Crippen molar-refractivity contribution in [2.45, 2.75) is 5.41 Å². The summed E-state index contributed by atoms with van der Waals surface area (Å²) < 4.78 is 2.44. The molecular weight excluding hydrogens is 905 g/mol. The summed E-state index contributed by atoms with van der Waals surface area (Å²) in [5.74, 6) is 0. The van der Waals surface area contributed by atoms with Crippen LogP contribution in [0.4, 0.5) is 17.1 Å². The zero-order valence-corrected chi connectivity index (χ0v) is 41.0. The summed E-state index contributed by atoms with van der Waals surface area (Å²) in [6, 6.07) is 104. The van der Waals surface area contributed by atoms with E-state index in [-0.39, 0.29) is 0 Å². The van der Waals surface area contributed by atoms with Crippen LogP contribution in [0, 0.1) is 0 Å². The smallest absolute Gasteiger partial charge is 0.0726 e. The van der Waals surface area contributed by atoms with Crippen molar-refractivity contribution in [3.05, 3.63) is 301 Å². The van der Waals surface area contributed by atoms with Gasteiger partial charge in [0.25, 0.3) is 0 Å². The third kappa shape index (κ3) is 5.97. The first kappa shape index (κ1) is 41.8. The molecule has 0 amide bonds. The SMILES string of the molecule is c1ccc(-c2ccc(-c3cc4c(cc3N(c3ccc5c6ccccc6c6ccccc6c5c3)c3ccc5c6ccccc6n(-c6ccccc6)c5c3)C3(c5ccccc5-c5ccccc53)c3ccccc3-4)cc2)cc1. The molecule has 0 fully saturated rings. The lowest BCUT2D eigenvalue weighted by Crippen LogP contribution is -2.26. The van der Waals surface area contributed by atoms with Crippen molar-refractivity contribution < 1.29 is 0 Å². The predicted molar refractivity (Wildman–Crippen MR) is 315 cm³/mol. The summed E-state index contributed by atoms with van der Waals surface area (Å²) in [6.07, 6.45) is 0. The fourth-order valence-corrected chi connectivity index (χ4v) is 13.4. The highest BCUT2D eigenvalue weighted by Gasteiger charge is 2.52. The Morgan fingerprint density at radius 3 is 1.32 bits per heavy atom. The Balaban J connectivity index is 1.05. The molecule has 2 heteroatoms. The summed E-state index contributed by atoms with van der Waals surface area (Å²) in [5, 5.41) is 9.94. The first-order valence-corrected chi connectivity index (χ1v) is 26.1. The molecule has 75 heavy (non-hydrogen) atoms. The van der Waals surface area contributed by atoms with Crippen molar-refractivity contribution in [2.75, 3.05) is 4.90 Å². The Morgan fingerprint density at radius 1 is 0.253 bits per heavy atom. The fraction of sp³-hybridized carbons (Fsp3) is 0.0137. The van der Waals surface area contributed by atoms with Gasteiger partial charge in [-0.2, -0.15) is 0 Å². The minimum absolute atomic E-state index is 0.544. The number of rotatable bonds is 6. The molecule has 0 bridgehead atoms. The second-order valence-corrected chi connectivity index (χ2v) is 20.3. The van der Waals surface area contributed by atoms with Gasteiger partial charge in [0.2, 0.25) is 0 Å². The van der Waals surface area contributed by atoms with Crippen LogP contribution in [0.1, 0.15) is 22.3 Å². The molecule has 0 saturated carbocycles. The lowest BCUT2D eigenvalue weighted by Gasteiger charge is -2.33. The van der Waals surface area contributed by atoms with Crippen molar-refractivity contribution in [3.63, 3.8) is 0 Å². The minimum atomic E-state index is -0.544. The molecule has 2 nitrogen and oxygen atoms in total. The van der Waals surface area contributed by atoms with E-state index in [4.69, 9.17) is 0 Å². The van der Waals surface area contributed by atoms with Crippen LogP contribution in [-0.4, -0.2) is 4.57 Å². The Labute approximate surface area is 435 Å². The average molecular weight is 951 g/mol. The topological polar surface area (TPSA) is 8.17 Å². The van der Waals surface area contributed by atoms with Gasteiger partial charge in [0, 0.05) is 33.4 Å². The van der Waals surface area contributed by atoms with Crippen molar-refractivity contribution in [3.8, 4) is 50.2 Å². The van der Waals surface area contributed by atoms with Gasteiger partial charge < -0.3 is 9.47 Å². The number of fused-ring (bicyclic) bond motifs is 19. The second kappa shape index (κ2) is 16.1. The van der Waals surface area contributed by atoms with E-state index in [0.29, 0.717) is 0 Å². The molecule has 2 aliphatic carbocycles. The Morgan fingerprint density at radius 2 is 0.693 bits per heavy atom. The molecule has 0 saturated heterocycles. The Bertz CT molecular complexity index is 4560. The molecule has 0 radical (unpaired) electrons. The number of para-hydroxylation sites is 2. The molecule has 1 spiro atoms. The number of anilines is 3. The maximum absolute atomic E-state index is 2.58. The van der Waals surface area contributed by atoms with Crippen molar-refractivity contribution in [2.24, 2.45) is 0 Å². The van der Waals surface area contributed by atoms with Crippen LogP contribution in [0.25, 0.3) is 104 Å². The molecule has 2 aliphatic rings. The molecule has 14 aromatic rings. The molecule has 0 unspecified atom stereocenters. The van der Waals surface area contributed by atoms with Gasteiger partial charge >= 0.3 is 0 Å². The van der Waals surface area contributed by atoms with Crippen LogP contribution in [0.5, 0.6) is 0 Å². The van der Waals surface area contributed by atoms with E-state index in [1.165, 1.54) is 104 Å². The number of aromatic nitrogens is 1. The first-order chi connectivity index (χ1) is 37.2. The monoisotopic (exact) mass is 950 g/mol. The summed E-state index contributed by atoms with van der Waals surface area (Å²) >= 11 is 0. The van der Waals surface area contributed by atoms with Crippen LogP contribution in [-0.2, 0) is 5.41 Å². The van der Waals surface area contributed by atoms with Crippen LogP contribution in [0.15, 0.2) is 279 Å². The average Bonchev–Trinajstić information content (AvgIpc) is 4.11. The second-order valence-electron chi connectivity index (χ2n) is 20.3. The summed E-state index contributed by atoms with van der Waals surface area (Å²) in [7, 11) is 0. The maximum atomic E-state index is 2.58. The summed E-state index contributed by atoms with van der Waals surface area (Å²) in [4.78, 5) is 2.57. The Kier molecular flexibility index (Phi) is 8.99. The lowest BCUT2D eigenvalue weighted by molar-refractivity contribution is 0.794. The third-order valence-corrected chi connectivity index (χ3v) is 16.6. The minimum Gasteiger partial charge on any atom is -0.310 e. The summed E-state index contributed by atoms with van der Waals surface area (Å²) in [6.45, 7) is 0. The van der Waals surface area contributed by atoms with Gasteiger partial charge in [-0.3, -0.25) is 0 Å². The largest absolute Gasteiger partial charge is 0.310 e. The van der Waals surface area contributed by atoms with E-state index in [0.717, 1.165) is 39.4 Å². The predicted octanol–water partition coefficient (Wildman–Crippen LogP) is 19.4. The van der Waals surface area contributed by atoms with Crippen LogP contribution in [0.2, 0.25) is 0 Å². The van der Waals surface area contributed by atoms with Crippen LogP contribution in [0.3, 0.4) is 0 Å². The van der Waals surface area contributed by atoms with Gasteiger partial charge in [0.15, 0.2) is 0 Å². The van der Waals surface area contributed by atoms with E-state index < -0.39 is 5.41 Å². The molecule has 0 aliphatic heterocycles. The quantitative estimate of drug-likeness (QED) is 0.151. The molecule has 0 N–H and O–H groups in total. The van der Waals surface area contributed by atoms with Gasteiger partial charge in [0.05, 0.1) is 22.1 Å². The first-order valence-electron chi connectivity index (χ1n) is 26.1. The molecule has 1 heterocycles. The molecule has 13 aromatic carbocycles. The maximum Gasteiger partial charge on any atom is 0.0726 e. The standard InChI is InChI=1S/C73H46N2/c1-3-19-47(20-4-1)48-35-37-49(38-36-48)63-45-65-60-29-13-17-33-68(60)73(66-31-15-11-27-58(66)59-28-12-16-32-67(59)73)69(65)46-72(63)74(51-39-41-57-55-25-8-7-23-53(55)54-24-9-10-26-56(54)64(57)43-51)52-40-42-62-61-30-14-18-34-70(61)75(71(62)44-52)50-21-5-2-6-22-50/h1-46H. The van der Waals surface area contributed by atoms with E-state index >= 15 is 0 Å². The number of hydrogen-bond acceptors (Lipinski definition) is 1. The molecule has 16 rings (SSSR count). The van der Waals surface area contributed by atoms with Gasteiger partial charge in [-0.1, -0.05) is 224 Å². The highest BCUT2D eigenvalue weighted by Crippen LogP contribution is 2.64. The molecule has 0 atom stereocenters. The normalized spacial score (nSPS) is 12.9. The molecular formula is C73H46N2. The third-order valence-electron chi connectivity index (χ3n) is 16.6. The summed E-state index contributed by atoms with van der Waals surface area (Å²) in [5.41, 5.74) is 21.3. The van der Waals surface area contributed by atoms with E-state index in [9.17, 15) is 0 Å². The number of nitrogens with zero attached hydrogens (tertiary/aromatic N) is 2. The highest BCUT2D eigenvalue weighted by atomic mass is 15.1. The van der Waals surface area contributed by atoms with Crippen molar-refractivity contribution in [1.82, 2.24) is 4.57 Å². The number of benzene rings is 13. The van der Waals surface area contributed by atoms with E-state index in [1.807, 2.05) is 0 Å². The van der Waals surface area contributed by atoms with Gasteiger partial charge in [-0.05, 0) is 148 Å². The van der Waals surface area contributed by atoms with Gasteiger partial charge in [-0.15, -0.1) is 0 Å². The fourth-order valence-electron chi connectivity index (χ4n) is 13.4. The van der Waals surface area contributed by atoms with Crippen molar-refractivity contribution >= 4 is 71.2 Å². The molecule has 348 valence electrons. The zero-order chi connectivity index (χ0) is 49.2. The zero-order valence-electron chi connectivity index (χ0n) is 41.0. The highest BCUT2D eigenvalue weighted by molar-refractivity contribution is 6.26. The molecule has 1 aromatic heterocycles. The Hall–Kier alpha value is -9.76. The van der Waals surface area contributed by atoms with Gasteiger partial charge in [-0.25, -0.2) is 0 Å².